The average molecular weight is 329 g/mol. The summed E-state index contributed by atoms with van der Waals surface area (Å²) in [6.45, 7) is 1.17. The third-order valence-corrected chi connectivity index (χ3v) is 3.69. The maximum Gasteiger partial charge on any atom is 0.260 e. The Labute approximate surface area is 140 Å². The molecule has 1 amide bonds. The van der Waals surface area contributed by atoms with E-state index in [1.807, 2.05) is 30.3 Å². The summed E-state index contributed by atoms with van der Waals surface area (Å²) in [6, 6.07) is 9.29. The first-order valence-electron chi connectivity index (χ1n) is 7.73. The summed E-state index contributed by atoms with van der Waals surface area (Å²) in [7, 11) is 1.52. The summed E-state index contributed by atoms with van der Waals surface area (Å²) in [5.74, 6) is 1.43. The van der Waals surface area contributed by atoms with Crippen molar-refractivity contribution in [3.05, 3.63) is 42.7 Å². The highest BCUT2D eigenvalue weighted by atomic mass is 16.5. The lowest BCUT2D eigenvalue weighted by Crippen LogP contribution is -2.34. The van der Waals surface area contributed by atoms with E-state index in [9.17, 15) is 4.79 Å². The number of hydrogen-bond acceptors (Lipinski definition) is 6. The predicted molar refractivity (Wildman–Crippen MR) is 86.1 cm³/mol. The number of carbonyl (C=O) groups is 1. The first-order chi connectivity index (χ1) is 11.7. The highest BCUT2D eigenvalue weighted by Crippen LogP contribution is 2.18. The van der Waals surface area contributed by atoms with Crippen LogP contribution in [0, 0.1) is 0 Å². The number of methoxy groups -OCH3 is 1. The van der Waals surface area contributed by atoms with Crippen molar-refractivity contribution in [2.45, 2.75) is 12.5 Å². The Morgan fingerprint density at radius 2 is 2.04 bits per heavy atom. The Morgan fingerprint density at radius 3 is 2.83 bits per heavy atom. The van der Waals surface area contributed by atoms with Gasteiger partial charge in [-0.1, -0.05) is 18.2 Å². The standard InChI is InChI=1S/C17H19N3O4/c1-22-15-9-18-10-16(19-15)24-14-7-8-20(11-14)17(21)12-23-13-5-3-2-4-6-13/h2-6,9-10,14H,7-8,11-12H2,1H3. The van der Waals surface area contributed by atoms with E-state index in [1.165, 1.54) is 19.5 Å². The number of rotatable bonds is 6. The quantitative estimate of drug-likeness (QED) is 0.800. The second kappa shape index (κ2) is 7.63. The molecule has 0 aliphatic carbocycles. The Hall–Kier alpha value is -2.83. The molecule has 0 bridgehead atoms. The van der Waals surface area contributed by atoms with Crippen molar-refractivity contribution in [1.29, 1.82) is 0 Å². The van der Waals surface area contributed by atoms with Gasteiger partial charge in [-0.15, -0.1) is 0 Å². The van der Waals surface area contributed by atoms with Gasteiger partial charge >= 0.3 is 0 Å². The van der Waals surface area contributed by atoms with Gasteiger partial charge in [-0.3, -0.25) is 9.78 Å². The molecule has 1 atom stereocenters. The maximum atomic E-state index is 12.2. The minimum absolute atomic E-state index is 0.0235. The molecule has 1 aliphatic heterocycles. The molecule has 7 heteroatoms. The average Bonchev–Trinajstić information content (AvgIpc) is 3.09. The topological polar surface area (TPSA) is 73.8 Å². The molecule has 1 fully saturated rings. The summed E-state index contributed by atoms with van der Waals surface area (Å²) in [5.41, 5.74) is 0. The third kappa shape index (κ3) is 4.13. The van der Waals surface area contributed by atoms with Gasteiger partial charge in [-0.25, -0.2) is 0 Å². The molecule has 1 aromatic carbocycles. The third-order valence-electron chi connectivity index (χ3n) is 3.69. The van der Waals surface area contributed by atoms with Gasteiger partial charge in [-0.2, -0.15) is 4.98 Å². The molecular weight excluding hydrogens is 310 g/mol. The molecule has 1 aromatic heterocycles. The number of amides is 1. The summed E-state index contributed by atoms with van der Waals surface area (Å²) >= 11 is 0. The van der Waals surface area contributed by atoms with Crippen LogP contribution in [0.25, 0.3) is 0 Å². The van der Waals surface area contributed by atoms with Gasteiger partial charge in [0.25, 0.3) is 5.91 Å². The van der Waals surface area contributed by atoms with Crippen LogP contribution in [0.5, 0.6) is 17.5 Å². The summed E-state index contributed by atoms with van der Waals surface area (Å²) in [5, 5.41) is 0. The number of benzene rings is 1. The lowest BCUT2D eigenvalue weighted by molar-refractivity contribution is -0.132. The Bertz CT molecular complexity index is 681. The van der Waals surface area contributed by atoms with Gasteiger partial charge in [0, 0.05) is 13.0 Å². The van der Waals surface area contributed by atoms with E-state index in [4.69, 9.17) is 14.2 Å². The first-order valence-corrected chi connectivity index (χ1v) is 7.73. The molecule has 0 saturated carbocycles. The molecule has 24 heavy (non-hydrogen) atoms. The minimum Gasteiger partial charge on any atom is -0.484 e. The smallest absolute Gasteiger partial charge is 0.260 e. The SMILES string of the molecule is COc1cncc(OC2CCN(C(=O)COc3ccccc3)C2)n1. The summed E-state index contributed by atoms with van der Waals surface area (Å²) < 4.78 is 16.3. The van der Waals surface area contributed by atoms with Gasteiger partial charge in [0.15, 0.2) is 6.61 Å². The van der Waals surface area contributed by atoms with Gasteiger partial charge in [0.2, 0.25) is 11.8 Å². The molecule has 1 aliphatic rings. The second-order valence-corrected chi connectivity index (χ2v) is 5.37. The predicted octanol–water partition coefficient (Wildman–Crippen LogP) is 1.54. The number of likely N-dealkylation sites (tertiary alicyclic amines) is 1. The molecule has 0 spiro atoms. The van der Waals surface area contributed by atoms with Crippen LogP contribution in [0.4, 0.5) is 0 Å². The number of ether oxygens (including phenoxy) is 3. The van der Waals surface area contributed by atoms with Crippen molar-refractivity contribution < 1.29 is 19.0 Å². The highest BCUT2D eigenvalue weighted by Gasteiger charge is 2.28. The van der Waals surface area contributed by atoms with Gasteiger partial charge in [-0.05, 0) is 12.1 Å². The number of nitrogens with zero attached hydrogens (tertiary/aromatic N) is 3. The zero-order chi connectivity index (χ0) is 16.8. The van der Waals surface area contributed by atoms with Crippen molar-refractivity contribution in [3.8, 4) is 17.5 Å². The van der Waals surface area contributed by atoms with Gasteiger partial charge < -0.3 is 19.1 Å². The maximum absolute atomic E-state index is 12.2. The Morgan fingerprint density at radius 1 is 1.25 bits per heavy atom. The number of hydrogen-bond donors (Lipinski definition) is 0. The fraction of sp³-hybridized carbons (Fsp3) is 0.353. The molecule has 7 nitrogen and oxygen atoms in total. The molecule has 2 heterocycles. The van der Waals surface area contributed by atoms with E-state index in [1.54, 1.807) is 4.90 Å². The van der Waals surface area contributed by atoms with Crippen LogP contribution in [-0.2, 0) is 4.79 Å². The van der Waals surface area contributed by atoms with Crippen LogP contribution in [-0.4, -0.2) is 53.7 Å². The molecule has 2 aromatic rings. The van der Waals surface area contributed by atoms with E-state index >= 15 is 0 Å². The second-order valence-electron chi connectivity index (χ2n) is 5.37. The first kappa shape index (κ1) is 16.0. The number of aromatic nitrogens is 2. The lowest BCUT2D eigenvalue weighted by atomic mass is 10.3. The largest absolute Gasteiger partial charge is 0.484 e. The zero-order valence-electron chi connectivity index (χ0n) is 13.4. The van der Waals surface area contributed by atoms with Gasteiger partial charge in [0.05, 0.1) is 26.0 Å². The summed E-state index contributed by atoms with van der Waals surface area (Å²) in [4.78, 5) is 22.1. The van der Waals surface area contributed by atoms with Crippen molar-refractivity contribution >= 4 is 5.91 Å². The van der Waals surface area contributed by atoms with Gasteiger partial charge in [0.1, 0.15) is 11.9 Å². The Kier molecular flexibility index (Phi) is 5.10. The summed E-state index contributed by atoms with van der Waals surface area (Å²) in [6.07, 6.45) is 3.69. The van der Waals surface area contributed by atoms with Crippen LogP contribution in [0.2, 0.25) is 0 Å². The van der Waals surface area contributed by atoms with Crippen molar-refractivity contribution in [1.82, 2.24) is 14.9 Å². The van der Waals surface area contributed by atoms with E-state index in [0.717, 1.165) is 6.42 Å². The molecule has 1 saturated heterocycles. The highest BCUT2D eigenvalue weighted by molar-refractivity contribution is 5.78. The van der Waals surface area contributed by atoms with Crippen LogP contribution in [0.1, 0.15) is 6.42 Å². The molecular formula is C17H19N3O4. The van der Waals surface area contributed by atoms with Crippen LogP contribution in [0.3, 0.4) is 0 Å². The molecule has 1 unspecified atom stereocenters. The van der Waals surface area contributed by atoms with E-state index < -0.39 is 0 Å². The Balaban J connectivity index is 1.48. The molecule has 3 rings (SSSR count). The zero-order valence-corrected chi connectivity index (χ0v) is 13.4. The van der Waals surface area contributed by atoms with Crippen LogP contribution < -0.4 is 14.2 Å². The van der Waals surface area contributed by atoms with Crippen LogP contribution in [0.15, 0.2) is 42.7 Å². The molecule has 0 radical (unpaired) electrons. The van der Waals surface area contributed by atoms with Crippen LogP contribution >= 0.6 is 0 Å². The van der Waals surface area contributed by atoms with E-state index in [0.29, 0.717) is 30.6 Å². The van der Waals surface area contributed by atoms with Crippen molar-refractivity contribution in [2.24, 2.45) is 0 Å². The normalized spacial score (nSPS) is 16.7. The number of para-hydroxylation sites is 1. The lowest BCUT2D eigenvalue weighted by Gasteiger charge is -2.17. The minimum atomic E-state index is -0.105. The number of carbonyl (C=O) groups excluding carboxylic acids is 1. The van der Waals surface area contributed by atoms with E-state index in [2.05, 4.69) is 9.97 Å². The molecule has 126 valence electrons. The monoisotopic (exact) mass is 329 g/mol. The fourth-order valence-corrected chi connectivity index (χ4v) is 2.46. The van der Waals surface area contributed by atoms with Crippen molar-refractivity contribution in [2.75, 3.05) is 26.8 Å². The van der Waals surface area contributed by atoms with Crippen molar-refractivity contribution in [3.63, 3.8) is 0 Å². The van der Waals surface area contributed by atoms with E-state index in [-0.39, 0.29) is 18.6 Å². The molecule has 0 N–H and O–H groups in total. The fourth-order valence-electron chi connectivity index (χ4n) is 2.46.